The smallest absolute Gasteiger partial charge is 0.248 e. The summed E-state index contributed by atoms with van der Waals surface area (Å²) in [7, 11) is 0. The molecule has 28 heavy (non-hydrogen) atoms. The minimum atomic E-state index is -0.493. The SMILES string of the molecule is NC(=O)c1ccc(NC(=O)CCCNC(=O)C23CC4CC(CC(C4)C2)C3)cc1. The zero-order valence-corrected chi connectivity index (χ0v) is 16.2. The maximum atomic E-state index is 12.9. The molecule has 3 amide bonds. The molecule has 0 saturated heterocycles. The second-order valence-corrected chi connectivity index (χ2v) is 9.05. The molecule has 6 heteroatoms. The molecule has 4 N–H and O–H groups in total. The molecule has 0 aromatic heterocycles. The summed E-state index contributed by atoms with van der Waals surface area (Å²) >= 11 is 0. The Morgan fingerprint density at radius 2 is 1.54 bits per heavy atom. The molecule has 1 aromatic carbocycles. The first-order chi connectivity index (χ1) is 13.4. The maximum absolute atomic E-state index is 12.9. The summed E-state index contributed by atoms with van der Waals surface area (Å²) in [5.41, 5.74) is 6.12. The minimum Gasteiger partial charge on any atom is -0.366 e. The van der Waals surface area contributed by atoms with Crippen LogP contribution >= 0.6 is 0 Å². The molecular weight excluding hydrogens is 354 g/mol. The molecule has 150 valence electrons. The minimum absolute atomic E-state index is 0.101. The summed E-state index contributed by atoms with van der Waals surface area (Å²) in [6, 6.07) is 6.49. The Bertz CT molecular complexity index is 736. The number of hydrogen-bond acceptors (Lipinski definition) is 3. The third-order valence-electron chi connectivity index (χ3n) is 6.84. The fourth-order valence-electron chi connectivity index (χ4n) is 5.97. The van der Waals surface area contributed by atoms with E-state index < -0.39 is 5.91 Å². The number of carbonyl (C=O) groups excluding carboxylic acids is 3. The van der Waals surface area contributed by atoms with Crippen molar-refractivity contribution in [1.29, 1.82) is 0 Å². The summed E-state index contributed by atoms with van der Waals surface area (Å²) in [6.07, 6.45) is 8.13. The summed E-state index contributed by atoms with van der Waals surface area (Å²) in [6.45, 7) is 0.536. The number of benzene rings is 1. The standard InChI is InChI=1S/C22H29N3O3/c23-20(27)17-3-5-18(6-4-17)25-19(26)2-1-7-24-21(28)22-11-14-8-15(12-22)10-16(9-14)13-22/h3-6,14-16H,1-2,7-13H2,(H2,23,27)(H,24,28)(H,25,26). The van der Waals surface area contributed by atoms with Crippen LogP contribution in [-0.2, 0) is 9.59 Å². The molecule has 4 fully saturated rings. The Labute approximate surface area is 165 Å². The molecule has 4 aliphatic rings. The van der Waals surface area contributed by atoms with Crippen LogP contribution in [-0.4, -0.2) is 24.3 Å². The summed E-state index contributed by atoms with van der Waals surface area (Å²) in [5.74, 6) is 1.88. The van der Waals surface area contributed by atoms with E-state index in [0.29, 0.717) is 30.6 Å². The average molecular weight is 383 g/mol. The number of hydrogen-bond donors (Lipinski definition) is 3. The van der Waals surface area contributed by atoms with Crippen molar-refractivity contribution < 1.29 is 14.4 Å². The topological polar surface area (TPSA) is 101 Å². The van der Waals surface area contributed by atoms with Crippen molar-refractivity contribution in [3.05, 3.63) is 29.8 Å². The summed E-state index contributed by atoms with van der Waals surface area (Å²) in [5, 5.41) is 5.91. The van der Waals surface area contributed by atoms with Gasteiger partial charge in [-0.05, 0) is 87.0 Å². The average Bonchev–Trinajstić information content (AvgIpc) is 2.64. The lowest BCUT2D eigenvalue weighted by Gasteiger charge is -2.55. The summed E-state index contributed by atoms with van der Waals surface area (Å²) < 4.78 is 0. The molecule has 0 spiro atoms. The fraction of sp³-hybridized carbons (Fsp3) is 0.591. The number of carbonyl (C=O) groups is 3. The van der Waals surface area contributed by atoms with Gasteiger partial charge in [0.05, 0.1) is 0 Å². The first kappa shape index (κ1) is 19.0. The highest BCUT2D eigenvalue weighted by Gasteiger charge is 2.54. The van der Waals surface area contributed by atoms with Crippen molar-refractivity contribution in [3.63, 3.8) is 0 Å². The van der Waals surface area contributed by atoms with Gasteiger partial charge in [0.25, 0.3) is 0 Å². The van der Waals surface area contributed by atoms with E-state index in [4.69, 9.17) is 5.73 Å². The van der Waals surface area contributed by atoms with Crippen molar-refractivity contribution >= 4 is 23.4 Å². The second-order valence-electron chi connectivity index (χ2n) is 9.05. The van der Waals surface area contributed by atoms with E-state index in [9.17, 15) is 14.4 Å². The van der Waals surface area contributed by atoms with Crippen molar-refractivity contribution in [1.82, 2.24) is 5.32 Å². The van der Waals surface area contributed by atoms with E-state index in [-0.39, 0.29) is 17.2 Å². The molecule has 0 radical (unpaired) electrons. The van der Waals surface area contributed by atoms with Crippen LogP contribution in [0.1, 0.15) is 61.7 Å². The van der Waals surface area contributed by atoms with Crippen molar-refractivity contribution in [3.8, 4) is 0 Å². The first-order valence-corrected chi connectivity index (χ1v) is 10.4. The van der Waals surface area contributed by atoms with Crippen LogP contribution in [0.3, 0.4) is 0 Å². The molecule has 0 heterocycles. The van der Waals surface area contributed by atoms with Crippen LogP contribution in [0.15, 0.2) is 24.3 Å². The van der Waals surface area contributed by atoms with E-state index in [0.717, 1.165) is 37.0 Å². The molecule has 0 atom stereocenters. The van der Waals surface area contributed by atoms with Crippen LogP contribution < -0.4 is 16.4 Å². The monoisotopic (exact) mass is 383 g/mol. The Hall–Kier alpha value is -2.37. The predicted octanol–water partition coefficient (Wildman–Crippen LogP) is 2.84. The third-order valence-corrected chi connectivity index (χ3v) is 6.84. The highest BCUT2D eigenvalue weighted by molar-refractivity contribution is 5.94. The van der Waals surface area contributed by atoms with Crippen LogP contribution in [0.4, 0.5) is 5.69 Å². The van der Waals surface area contributed by atoms with Gasteiger partial charge in [-0.1, -0.05) is 0 Å². The van der Waals surface area contributed by atoms with E-state index in [2.05, 4.69) is 10.6 Å². The third kappa shape index (κ3) is 3.91. The van der Waals surface area contributed by atoms with Gasteiger partial charge < -0.3 is 16.4 Å². The van der Waals surface area contributed by atoms with E-state index in [1.165, 1.54) is 19.3 Å². The molecule has 0 aliphatic heterocycles. The molecule has 4 bridgehead atoms. The number of primary amides is 1. The molecule has 0 unspecified atom stereocenters. The highest BCUT2D eigenvalue weighted by Crippen LogP contribution is 2.60. The van der Waals surface area contributed by atoms with Gasteiger partial charge in [-0.2, -0.15) is 0 Å². The van der Waals surface area contributed by atoms with Gasteiger partial charge in [0.15, 0.2) is 0 Å². The number of amides is 3. The summed E-state index contributed by atoms with van der Waals surface area (Å²) in [4.78, 5) is 36.0. The molecule has 4 saturated carbocycles. The quantitative estimate of drug-likeness (QED) is 0.631. The van der Waals surface area contributed by atoms with Gasteiger partial charge in [-0.3, -0.25) is 14.4 Å². The van der Waals surface area contributed by atoms with Gasteiger partial charge in [-0.25, -0.2) is 0 Å². The van der Waals surface area contributed by atoms with Crippen molar-refractivity contribution in [2.75, 3.05) is 11.9 Å². The van der Waals surface area contributed by atoms with Gasteiger partial charge >= 0.3 is 0 Å². The first-order valence-electron chi connectivity index (χ1n) is 10.4. The van der Waals surface area contributed by atoms with Crippen LogP contribution in [0.2, 0.25) is 0 Å². The van der Waals surface area contributed by atoms with E-state index in [1.54, 1.807) is 24.3 Å². The fourth-order valence-corrected chi connectivity index (χ4v) is 5.97. The molecule has 4 aliphatic carbocycles. The lowest BCUT2D eigenvalue weighted by Crippen LogP contribution is -2.53. The van der Waals surface area contributed by atoms with Crippen LogP contribution in [0.25, 0.3) is 0 Å². The predicted molar refractivity (Wildman–Crippen MR) is 106 cm³/mol. The number of anilines is 1. The zero-order valence-electron chi connectivity index (χ0n) is 16.2. The van der Waals surface area contributed by atoms with Gasteiger partial charge in [0.1, 0.15) is 0 Å². The molecule has 5 rings (SSSR count). The second kappa shape index (κ2) is 7.57. The Morgan fingerprint density at radius 1 is 0.964 bits per heavy atom. The molecule has 1 aromatic rings. The van der Waals surface area contributed by atoms with Crippen molar-refractivity contribution in [2.24, 2.45) is 28.9 Å². The number of rotatable bonds is 7. The van der Waals surface area contributed by atoms with Crippen molar-refractivity contribution in [2.45, 2.75) is 51.4 Å². The van der Waals surface area contributed by atoms with Crippen LogP contribution in [0, 0.1) is 23.2 Å². The lowest BCUT2D eigenvalue weighted by atomic mass is 9.49. The lowest BCUT2D eigenvalue weighted by molar-refractivity contribution is -0.146. The van der Waals surface area contributed by atoms with E-state index in [1.807, 2.05) is 0 Å². The Balaban J connectivity index is 1.20. The normalized spacial score (nSPS) is 30.1. The number of nitrogens with two attached hydrogens (primary N) is 1. The van der Waals surface area contributed by atoms with Crippen LogP contribution in [0.5, 0.6) is 0 Å². The van der Waals surface area contributed by atoms with Gasteiger partial charge in [-0.15, -0.1) is 0 Å². The van der Waals surface area contributed by atoms with Gasteiger partial charge in [0, 0.05) is 29.6 Å². The van der Waals surface area contributed by atoms with Gasteiger partial charge in [0.2, 0.25) is 17.7 Å². The maximum Gasteiger partial charge on any atom is 0.248 e. The Morgan fingerprint density at radius 3 is 2.07 bits per heavy atom. The largest absolute Gasteiger partial charge is 0.366 e. The molecule has 6 nitrogen and oxygen atoms in total. The number of nitrogens with one attached hydrogen (secondary N) is 2. The Kier molecular flexibility index (Phi) is 5.13. The zero-order chi connectivity index (χ0) is 19.7. The molecular formula is C22H29N3O3. The van der Waals surface area contributed by atoms with E-state index >= 15 is 0 Å². The highest BCUT2D eigenvalue weighted by atomic mass is 16.2.